The van der Waals surface area contributed by atoms with Gasteiger partial charge in [0, 0.05) is 12.2 Å². The summed E-state index contributed by atoms with van der Waals surface area (Å²) in [6, 6.07) is 11.9. The zero-order valence-corrected chi connectivity index (χ0v) is 10.1. The molecular formula is C14H14N4. The van der Waals surface area contributed by atoms with E-state index in [1.54, 1.807) is 12.5 Å². The van der Waals surface area contributed by atoms with Crippen molar-refractivity contribution >= 4 is 11.0 Å². The lowest BCUT2D eigenvalue weighted by Gasteiger charge is -2.08. The molecule has 0 aliphatic rings. The Hall–Kier alpha value is -2.20. The number of fused-ring (bicyclic) bond motifs is 1. The third kappa shape index (κ3) is 1.76. The van der Waals surface area contributed by atoms with E-state index in [2.05, 4.69) is 9.97 Å². The maximum absolute atomic E-state index is 5.90. The van der Waals surface area contributed by atoms with E-state index in [1.165, 1.54) is 0 Å². The van der Waals surface area contributed by atoms with Gasteiger partial charge in [0.25, 0.3) is 0 Å². The predicted octanol–water partition coefficient (Wildman–Crippen LogP) is 2.44. The van der Waals surface area contributed by atoms with Crippen molar-refractivity contribution in [3.05, 3.63) is 54.5 Å². The first-order valence-corrected chi connectivity index (χ1v) is 5.90. The Labute approximate surface area is 105 Å². The summed E-state index contributed by atoms with van der Waals surface area (Å²) in [5.41, 5.74) is 8.97. The van der Waals surface area contributed by atoms with Gasteiger partial charge in [-0.1, -0.05) is 12.1 Å². The quantitative estimate of drug-likeness (QED) is 0.746. The van der Waals surface area contributed by atoms with Crippen LogP contribution in [0.25, 0.3) is 16.9 Å². The molecule has 0 spiro atoms. The number of rotatable bonds is 2. The van der Waals surface area contributed by atoms with Crippen LogP contribution in [0.3, 0.4) is 0 Å². The molecule has 0 fully saturated rings. The van der Waals surface area contributed by atoms with E-state index >= 15 is 0 Å². The summed E-state index contributed by atoms with van der Waals surface area (Å²) in [6.07, 6.45) is 3.57. The van der Waals surface area contributed by atoms with Crippen LogP contribution in [0.1, 0.15) is 18.5 Å². The second-order valence-electron chi connectivity index (χ2n) is 4.34. The fourth-order valence-corrected chi connectivity index (χ4v) is 1.99. The summed E-state index contributed by atoms with van der Waals surface area (Å²) in [5, 5.41) is 0. The Morgan fingerprint density at radius 3 is 2.83 bits per heavy atom. The van der Waals surface area contributed by atoms with Gasteiger partial charge < -0.3 is 5.73 Å². The molecule has 0 amide bonds. The minimum absolute atomic E-state index is 0.00142. The molecule has 18 heavy (non-hydrogen) atoms. The van der Waals surface area contributed by atoms with Gasteiger partial charge >= 0.3 is 0 Å². The van der Waals surface area contributed by atoms with Gasteiger partial charge in [-0.2, -0.15) is 0 Å². The molecule has 0 aliphatic heterocycles. The number of hydrogen-bond acceptors (Lipinski definition) is 3. The van der Waals surface area contributed by atoms with E-state index < -0.39 is 0 Å². The second kappa shape index (κ2) is 4.23. The number of nitrogens with zero attached hydrogens (tertiary/aromatic N) is 3. The maximum atomic E-state index is 5.90. The highest BCUT2D eigenvalue weighted by Crippen LogP contribution is 2.18. The van der Waals surface area contributed by atoms with Gasteiger partial charge in [0.1, 0.15) is 12.1 Å². The molecule has 0 radical (unpaired) electrons. The van der Waals surface area contributed by atoms with Crippen molar-refractivity contribution in [2.24, 2.45) is 5.73 Å². The first kappa shape index (κ1) is 10.9. The Kier molecular flexibility index (Phi) is 2.57. The number of nitrogens with two attached hydrogens (primary N) is 1. The van der Waals surface area contributed by atoms with Crippen LogP contribution in [0.15, 0.2) is 48.9 Å². The van der Waals surface area contributed by atoms with Crippen molar-refractivity contribution < 1.29 is 0 Å². The van der Waals surface area contributed by atoms with Crippen LogP contribution in [0, 0.1) is 0 Å². The first-order chi connectivity index (χ1) is 8.75. The molecular weight excluding hydrogens is 224 g/mol. The molecule has 1 aromatic carbocycles. The second-order valence-corrected chi connectivity index (χ2v) is 4.34. The molecule has 90 valence electrons. The summed E-state index contributed by atoms with van der Waals surface area (Å²) < 4.78 is 1.97. The van der Waals surface area contributed by atoms with Crippen LogP contribution in [0.2, 0.25) is 0 Å². The number of aromatic nitrogens is 3. The van der Waals surface area contributed by atoms with E-state index in [4.69, 9.17) is 5.73 Å². The summed E-state index contributed by atoms with van der Waals surface area (Å²) in [4.78, 5) is 8.74. The van der Waals surface area contributed by atoms with Gasteiger partial charge in [-0.3, -0.25) is 4.57 Å². The lowest BCUT2D eigenvalue weighted by molar-refractivity contribution is 0.811. The average Bonchev–Trinajstić information content (AvgIpc) is 2.82. The molecule has 0 bridgehead atoms. The fraction of sp³-hybridized carbons (Fsp3) is 0.143. The number of benzene rings is 1. The molecule has 3 rings (SSSR count). The monoisotopic (exact) mass is 238 g/mol. The van der Waals surface area contributed by atoms with Crippen molar-refractivity contribution in [2.75, 3.05) is 0 Å². The predicted molar refractivity (Wildman–Crippen MR) is 71.5 cm³/mol. The molecule has 4 nitrogen and oxygen atoms in total. The van der Waals surface area contributed by atoms with Crippen molar-refractivity contribution in [3.8, 4) is 5.82 Å². The smallest absolute Gasteiger partial charge is 0.138 e. The zero-order chi connectivity index (χ0) is 12.5. The number of para-hydroxylation sites is 2. The van der Waals surface area contributed by atoms with Gasteiger partial charge in [0.15, 0.2) is 0 Å². The Balaban J connectivity index is 2.17. The SMILES string of the molecule is CC(N)c1ccnc(-n2cnc3ccccc32)c1. The van der Waals surface area contributed by atoms with Crippen LogP contribution in [-0.4, -0.2) is 14.5 Å². The van der Waals surface area contributed by atoms with Crippen LogP contribution < -0.4 is 5.73 Å². The third-order valence-corrected chi connectivity index (χ3v) is 3.00. The van der Waals surface area contributed by atoms with E-state index in [0.29, 0.717) is 0 Å². The topological polar surface area (TPSA) is 56.7 Å². The Morgan fingerprint density at radius 1 is 1.17 bits per heavy atom. The summed E-state index contributed by atoms with van der Waals surface area (Å²) in [6.45, 7) is 1.96. The van der Waals surface area contributed by atoms with E-state index in [1.807, 2.05) is 47.9 Å². The van der Waals surface area contributed by atoms with Crippen molar-refractivity contribution in [1.82, 2.24) is 14.5 Å². The lowest BCUT2D eigenvalue weighted by Crippen LogP contribution is -2.06. The molecule has 2 aromatic heterocycles. The minimum Gasteiger partial charge on any atom is -0.324 e. The fourth-order valence-electron chi connectivity index (χ4n) is 1.99. The van der Waals surface area contributed by atoms with Gasteiger partial charge in [-0.25, -0.2) is 9.97 Å². The molecule has 2 N–H and O–H groups in total. The molecule has 1 unspecified atom stereocenters. The molecule has 1 atom stereocenters. The van der Waals surface area contributed by atoms with E-state index in [-0.39, 0.29) is 6.04 Å². The third-order valence-electron chi connectivity index (χ3n) is 3.00. The zero-order valence-electron chi connectivity index (χ0n) is 10.1. The first-order valence-electron chi connectivity index (χ1n) is 5.90. The minimum atomic E-state index is 0.00142. The average molecular weight is 238 g/mol. The van der Waals surface area contributed by atoms with Gasteiger partial charge in [-0.05, 0) is 36.8 Å². The van der Waals surface area contributed by atoms with Crippen LogP contribution >= 0.6 is 0 Å². The molecule has 2 heterocycles. The number of pyridine rings is 1. The van der Waals surface area contributed by atoms with Crippen molar-refractivity contribution in [3.63, 3.8) is 0 Å². The van der Waals surface area contributed by atoms with Gasteiger partial charge in [-0.15, -0.1) is 0 Å². The molecule has 4 heteroatoms. The molecule has 3 aromatic rings. The van der Waals surface area contributed by atoms with Gasteiger partial charge in [0.05, 0.1) is 11.0 Å². The molecule has 0 aliphatic carbocycles. The summed E-state index contributed by atoms with van der Waals surface area (Å²) in [7, 11) is 0. The van der Waals surface area contributed by atoms with Gasteiger partial charge in [0.2, 0.25) is 0 Å². The van der Waals surface area contributed by atoms with Crippen molar-refractivity contribution in [2.45, 2.75) is 13.0 Å². The highest BCUT2D eigenvalue weighted by atomic mass is 15.1. The summed E-state index contributed by atoms with van der Waals surface area (Å²) >= 11 is 0. The highest BCUT2D eigenvalue weighted by molar-refractivity contribution is 5.76. The Bertz CT molecular complexity index is 685. The lowest BCUT2D eigenvalue weighted by atomic mass is 10.1. The Morgan fingerprint density at radius 2 is 2.00 bits per heavy atom. The van der Waals surface area contributed by atoms with Crippen LogP contribution in [0.5, 0.6) is 0 Å². The van der Waals surface area contributed by atoms with E-state index in [0.717, 1.165) is 22.4 Å². The standard InChI is InChI=1S/C14H14N4/c1-10(15)11-6-7-16-14(8-11)18-9-17-12-4-2-3-5-13(12)18/h2-10H,15H2,1H3. The van der Waals surface area contributed by atoms with E-state index in [9.17, 15) is 0 Å². The number of imidazole rings is 1. The largest absolute Gasteiger partial charge is 0.324 e. The number of hydrogen-bond donors (Lipinski definition) is 1. The van der Waals surface area contributed by atoms with Crippen molar-refractivity contribution in [1.29, 1.82) is 0 Å². The highest BCUT2D eigenvalue weighted by Gasteiger charge is 2.06. The van der Waals surface area contributed by atoms with Crippen LogP contribution in [-0.2, 0) is 0 Å². The normalized spacial score (nSPS) is 12.8. The molecule has 0 saturated carbocycles. The van der Waals surface area contributed by atoms with Crippen LogP contribution in [0.4, 0.5) is 0 Å². The maximum Gasteiger partial charge on any atom is 0.138 e. The molecule has 0 saturated heterocycles. The summed E-state index contributed by atoms with van der Waals surface area (Å²) in [5.74, 6) is 0.846.